The summed E-state index contributed by atoms with van der Waals surface area (Å²) in [6.45, 7) is 8.82. The van der Waals surface area contributed by atoms with Gasteiger partial charge in [0.15, 0.2) is 0 Å². The highest BCUT2D eigenvalue weighted by Gasteiger charge is 2.26. The molecule has 7 nitrogen and oxygen atoms in total. The Hall–Kier alpha value is -2.25. The zero-order valence-electron chi connectivity index (χ0n) is 18.8. The molecule has 2 aromatic rings. The third-order valence-corrected chi connectivity index (χ3v) is 6.69. The van der Waals surface area contributed by atoms with Gasteiger partial charge in [-0.3, -0.25) is 9.69 Å². The van der Waals surface area contributed by atoms with E-state index in [4.69, 9.17) is 4.52 Å². The molecule has 0 spiro atoms. The molecule has 0 bridgehead atoms. The molecule has 1 aromatic carbocycles. The van der Waals surface area contributed by atoms with E-state index in [1.165, 1.54) is 24.8 Å². The van der Waals surface area contributed by atoms with Crippen molar-refractivity contribution in [3.05, 3.63) is 35.7 Å². The number of nitrogens with zero attached hydrogens (tertiary/aromatic N) is 4. The third-order valence-electron chi connectivity index (χ3n) is 6.69. The van der Waals surface area contributed by atoms with Gasteiger partial charge in [-0.2, -0.15) is 4.98 Å². The maximum Gasteiger partial charge on any atom is 0.244 e. The van der Waals surface area contributed by atoms with Crippen LogP contribution in [0, 0.1) is 6.92 Å². The average molecular weight is 426 g/mol. The van der Waals surface area contributed by atoms with E-state index in [1.807, 2.05) is 12.1 Å². The van der Waals surface area contributed by atoms with Crippen LogP contribution in [0.25, 0.3) is 11.4 Å². The van der Waals surface area contributed by atoms with Gasteiger partial charge in [0.2, 0.25) is 17.6 Å². The van der Waals surface area contributed by atoms with Crippen LogP contribution < -0.4 is 5.32 Å². The maximum absolute atomic E-state index is 12.3. The summed E-state index contributed by atoms with van der Waals surface area (Å²) in [5, 5.41) is 7.40. The van der Waals surface area contributed by atoms with E-state index in [9.17, 15) is 4.79 Å². The standard InChI is InChI=1S/C24H35N5O2/c1-18-8-10-20(11-9-18)23-26-24(31-27-23)19(2)29-16-14-28(15-17-29)13-12-22(30)25-21-6-4-3-5-7-21/h8-11,19,21H,3-7,12-17H2,1-2H3,(H,25,30). The number of rotatable bonds is 7. The zero-order chi connectivity index (χ0) is 21.6. The van der Waals surface area contributed by atoms with Gasteiger partial charge < -0.3 is 14.7 Å². The average Bonchev–Trinajstić information content (AvgIpc) is 3.29. The molecular weight excluding hydrogens is 390 g/mol. The Labute approximate surface area is 185 Å². The lowest BCUT2D eigenvalue weighted by Crippen LogP contribution is -2.48. The first-order valence-electron chi connectivity index (χ1n) is 11.7. The molecule has 1 N–H and O–H groups in total. The molecule has 1 saturated carbocycles. The number of amides is 1. The first-order chi connectivity index (χ1) is 15.1. The molecule has 1 aromatic heterocycles. The summed E-state index contributed by atoms with van der Waals surface area (Å²) in [6.07, 6.45) is 6.68. The van der Waals surface area contributed by atoms with Gasteiger partial charge in [0, 0.05) is 50.7 Å². The molecule has 1 aliphatic heterocycles. The van der Waals surface area contributed by atoms with E-state index in [-0.39, 0.29) is 11.9 Å². The highest BCUT2D eigenvalue weighted by atomic mass is 16.5. The number of carbonyl (C=O) groups excluding carboxylic acids is 1. The van der Waals surface area contributed by atoms with E-state index in [1.54, 1.807) is 0 Å². The Balaban J connectivity index is 1.21. The molecule has 0 radical (unpaired) electrons. The number of piperazine rings is 1. The fraction of sp³-hybridized carbons (Fsp3) is 0.625. The first kappa shape index (κ1) is 22.0. The molecule has 2 fully saturated rings. The molecule has 168 valence electrons. The molecule has 4 rings (SSSR count). The highest BCUT2D eigenvalue weighted by molar-refractivity contribution is 5.76. The van der Waals surface area contributed by atoms with Crippen molar-refractivity contribution in [3.63, 3.8) is 0 Å². The van der Waals surface area contributed by atoms with Crippen LogP contribution in [0.4, 0.5) is 0 Å². The fourth-order valence-corrected chi connectivity index (χ4v) is 4.56. The summed E-state index contributed by atoms with van der Waals surface area (Å²) in [6, 6.07) is 8.66. The predicted molar refractivity (Wildman–Crippen MR) is 121 cm³/mol. The fourth-order valence-electron chi connectivity index (χ4n) is 4.56. The lowest BCUT2D eigenvalue weighted by Gasteiger charge is -2.36. The van der Waals surface area contributed by atoms with Crippen molar-refractivity contribution in [1.82, 2.24) is 25.3 Å². The summed E-state index contributed by atoms with van der Waals surface area (Å²) < 4.78 is 5.57. The Morgan fingerprint density at radius 1 is 1.13 bits per heavy atom. The first-order valence-corrected chi connectivity index (χ1v) is 11.7. The monoisotopic (exact) mass is 425 g/mol. The summed E-state index contributed by atoms with van der Waals surface area (Å²) in [7, 11) is 0. The van der Waals surface area contributed by atoms with Crippen LogP contribution >= 0.6 is 0 Å². The summed E-state index contributed by atoms with van der Waals surface area (Å²) in [4.78, 5) is 21.7. The van der Waals surface area contributed by atoms with Gasteiger partial charge in [-0.05, 0) is 26.7 Å². The van der Waals surface area contributed by atoms with Gasteiger partial charge in [0.1, 0.15) is 0 Å². The Kier molecular flexibility index (Phi) is 7.35. The van der Waals surface area contributed by atoms with Crippen molar-refractivity contribution in [2.45, 2.75) is 64.5 Å². The molecule has 1 aliphatic carbocycles. The van der Waals surface area contributed by atoms with Gasteiger partial charge in [0.25, 0.3) is 0 Å². The van der Waals surface area contributed by atoms with E-state index >= 15 is 0 Å². The van der Waals surface area contributed by atoms with E-state index in [2.05, 4.69) is 51.2 Å². The third kappa shape index (κ3) is 5.92. The van der Waals surface area contributed by atoms with Gasteiger partial charge in [0.05, 0.1) is 6.04 Å². The lowest BCUT2D eigenvalue weighted by molar-refractivity contribution is -0.122. The van der Waals surface area contributed by atoms with Crippen LogP contribution in [0.3, 0.4) is 0 Å². The number of aromatic nitrogens is 2. The smallest absolute Gasteiger partial charge is 0.244 e. The number of nitrogens with one attached hydrogen (secondary N) is 1. The quantitative estimate of drug-likeness (QED) is 0.731. The molecular formula is C24H35N5O2. The van der Waals surface area contributed by atoms with Crippen molar-refractivity contribution >= 4 is 5.91 Å². The Morgan fingerprint density at radius 3 is 2.55 bits per heavy atom. The number of benzene rings is 1. The Bertz CT molecular complexity index is 836. The second-order valence-electron chi connectivity index (χ2n) is 9.03. The minimum absolute atomic E-state index is 0.0865. The van der Waals surface area contributed by atoms with E-state index in [0.29, 0.717) is 24.2 Å². The van der Waals surface area contributed by atoms with Crippen molar-refractivity contribution < 1.29 is 9.32 Å². The van der Waals surface area contributed by atoms with Gasteiger partial charge in [-0.25, -0.2) is 0 Å². The second kappa shape index (κ2) is 10.4. The van der Waals surface area contributed by atoms with E-state index < -0.39 is 0 Å². The number of hydrogen-bond acceptors (Lipinski definition) is 6. The number of hydrogen-bond donors (Lipinski definition) is 1. The van der Waals surface area contributed by atoms with Gasteiger partial charge >= 0.3 is 0 Å². The molecule has 1 unspecified atom stereocenters. The van der Waals surface area contributed by atoms with Crippen molar-refractivity contribution in [3.8, 4) is 11.4 Å². The van der Waals surface area contributed by atoms with Crippen LogP contribution in [0.1, 0.15) is 62.9 Å². The molecule has 1 saturated heterocycles. The normalized spacial score (nSPS) is 19.9. The molecule has 7 heteroatoms. The topological polar surface area (TPSA) is 74.5 Å². The second-order valence-corrected chi connectivity index (χ2v) is 9.03. The van der Waals surface area contributed by atoms with Crippen LogP contribution in [0.2, 0.25) is 0 Å². The summed E-state index contributed by atoms with van der Waals surface area (Å²) in [5.74, 6) is 1.51. The lowest BCUT2D eigenvalue weighted by atomic mass is 9.95. The van der Waals surface area contributed by atoms with Crippen LogP contribution in [-0.2, 0) is 4.79 Å². The molecule has 2 heterocycles. The number of aryl methyl sites for hydroxylation is 1. The van der Waals surface area contributed by atoms with Gasteiger partial charge in [-0.15, -0.1) is 0 Å². The molecule has 1 atom stereocenters. The predicted octanol–water partition coefficient (Wildman–Crippen LogP) is 3.56. The summed E-state index contributed by atoms with van der Waals surface area (Å²) >= 11 is 0. The van der Waals surface area contributed by atoms with Crippen molar-refractivity contribution in [2.75, 3.05) is 32.7 Å². The van der Waals surface area contributed by atoms with Crippen LogP contribution in [0.5, 0.6) is 0 Å². The zero-order valence-corrected chi connectivity index (χ0v) is 18.8. The molecule has 31 heavy (non-hydrogen) atoms. The van der Waals surface area contributed by atoms with Crippen LogP contribution in [-0.4, -0.2) is 64.6 Å². The maximum atomic E-state index is 12.3. The van der Waals surface area contributed by atoms with Crippen LogP contribution in [0.15, 0.2) is 28.8 Å². The number of carbonyl (C=O) groups is 1. The van der Waals surface area contributed by atoms with Crippen molar-refractivity contribution in [2.24, 2.45) is 0 Å². The van der Waals surface area contributed by atoms with E-state index in [0.717, 1.165) is 51.1 Å². The minimum atomic E-state index is 0.0865. The SMILES string of the molecule is Cc1ccc(-c2noc(C(C)N3CCN(CCC(=O)NC4CCCCC4)CC3)n2)cc1. The minimum Gasteiger partial charge on any atom is -0.353 e. The molecule has 1 amide bonds. The molecule has 2 aliphatic rings. The largest absolute Gasteiger partial charge is 0.353 e. The Morgan fingerprint density at radius 2 is 1.84 bits per heavy atom. The van der Waals surface area contributed by atoms with Crippen molar-refractivity contribution in [1.29, 1.82) is 0 Å². The summed E-state index contributed by atoms with van der Waals surface area (Å²) in [5.41, 5.74) is 2.19. The highest BCUT2D eigenvalue weighted by Crippen LogP contribution is 2.24. The van der Waals surface area contributed by atoms with Gasteiger partial charge in [-0.1, -0.05) is 54.2 Å².